The molecule has 2 aromatic heterocycles. The second kappa shape index (κ2) is 4.33. The van der Waals surface area contributed by atoms with E-state index in [1.54, 1.807) is 6.20 Å². The summed E-state index contributed by atoms with van der Waals surface area (Å²) in [5.41, 5.74) is 2.06. The van der Waals surface area contributed by atoms with Crippen LogP contribution < -0.4 is 10.6 Å². The van der Waals surface area contributed by atoms with Crippen molar-refractivity contribution in [2.45, 2.75) is 25.8 Å². The van der Waals surface area contributed by atoms with Crippen LogP contribution in [0.25, 0.3) is 5.52 Å². The van der Waals surface area contributed by atoms with E-state index >= 15 is 0 Å². The first kappa shape index (κ1) is 10.5. The van der Waals surface area contributed by atoms with Gasteiger partial charge < -0.3 is 10.6 Å². The van der Waals surface area contributed by atoms with Crippen LogP contribution in [0.2, 0.25) is 0 Å². The Morgan fingerprint density at radius 3 is 3.35 bits per heavy atom. The molecular weight excluding hydrogens is 214 g/mol. The summed E-state index contributed by atoms with van der Waals surface area (Å²) in [5, 5.41) is 11.3. The molecule has 5 heteroatoms. The highest BCUT2D eigenvalue weighted by atomic mass is 15.2. The Balaban J connectivity index is 1.79. The van der Waals surface area contributed by atoms with Gasteiger partial charge in [-0.1, -0.05) is 0 Å². The molecule has 0 aromatic carbocycles. The van der Waals surface area contributed by atoms with Crippen LogP contribution in [-0.4, -0.2) is 33.7 Å². The minimum absolute atomic E-state index is 0.570. The van der Waals surface area contributed by atoms with Crippen LogP contribution in [-0.2, 0) is 0 Å². The van der Waals surface area contributed by atoms with E-state index in [0.717, 1.165) is 30.1 Å². The molecular formula is C12H17N5. The Labute approximate surface area is 100 Å². The van der Waals surface area contributed by atoms with Gasteiger partial charge in [-0.05, 0) is 32.4 Å². The molecule has 0 spiro atoms. The van der Waals surface area contributed by atoms with Gasteiger partial charge in [-0.3, -0.25) is 0 Å². The molecule has 2 aromatic rings. The van der Waals surface area contributed by atoms with E-state index in [4.69, 9.17) is 0 Å². The maximum Gasteiger partial charge on any atom is 0.152 e. The lowest BCUT2D eigenvalue weighted by atomic mass is 10.2. The number of nitrogens with one attached hydrogen (secondary N) is 2. The van der Waals surface area contributed by atoms with Crippen molar-refractivity contribution in [3.05, 3.63) is 24.2 Å². The third kappa shape index (κ3) is 2.10. The van der Waals surface area contributed by atoms with E-state index in [1.807, 2.05) is 17.6 Å². The number of aryl methyl sites for hydroxylation is 1. The van der Waals surface area contributed by atoms with Crippen molar-refractivity contribution in [2.75, 3.05) is 18.4 Å². The van der Waals surface area contributed by atoms with E-state index in [2.05, 4.69) is 26.8 Å². The van der Waals surface area contributed by atoms with E-state index in [-0.39, 0.29) is 0 Å². The molecule has 0 bridgehead atoms. The minimum Gasteiger partial charge on any atom is -0.367 e. The van der Waals surface area contributed by atoms with E-state index in [9.17, 15) is 0 Å². The highest BCUT2D eigenvalue weighted by molar-refractivity contribution is 5.67. The average molecular weight is 231 g/mol. The maximum absolute atomic E-state index is 4.38. The minimum atomic E-state index is 0.570. The lowest BCUT2D eigenvalue weighted by Gasteiger charge is -2.12. The zero-order chi connectivity index (χ0) is 11.7. The van der Waals surface area contributed by atoms with Gasteiger partial charge in [0.15, 0.2) is 5.82 Å². The van der Waals surface area contributed by atoms with Gasteiger partial charge in [0.25, 0.3) is 0 Å². The van der Waals surface area contributed by atoms with Crippen LogP contribution in [0.5, 0.6) is 0 Å². The maximum atomic E-state index is 4.38. The number of hydrogen-bond acceptors (Lipinski definition) is 4. The average Bonchev–Trinajstić information content (AvgIpc) is 2.93. The van der Waals surface area contributed by atoms with Crippen LogP contribution in [0, 0.1) is 6.92 Å². The SMILES string of the molecule is Cc1cc2c(NCC3CCCN3)nccn2n1. The van der Waals surface area contributed by atoms with Gasteiger partial charge in [0.05, 0.1) is 5.69 Å². The Bertz CT molecular complexity index is 513. The molecule has 1 unspecified atom stereocenters. The normalized spacial score (nSPS) is 19.9. The second-order valence-corrected chi connectivity index (χ2v) is 4.57. The summed E-state index contributed by atoms with van der Waals surface area (Å²) in [6.45, 7) is 4.06. The summed E-state index contributed by atoms with van der Waals surface area (Å²) in [7, 11) is 0. The first-order valence-corrected chi connectivity index (χ1v) is 6.11. The van der Waals surface area contributed by atoms with Crippen molar-refractivity contribution >= 4 is 11.3 Å². The molecule has 1 aliphatic rings. The molecule has 1 aliphatic heterocycles. The molecule has 90 valence electrons. The lowest BCUT2D eigenvalue weighted by Crippen LogP contribution is -2.29. The molecule has 0 radical (unpaired) electrons. The van der Waals surface area contributed by atoms with Crippen LogP contribution in [0.4, 0.5) is 5.82 Å². The van der Waals surface area contributed by atoms with Crippen molar-refractivity contribution in [1.82, 2.24) is 19.9 Å². The molecule has 1 saturated heterocycles. The Kier molecular flexibility index (Phi) is 2.68. The zero-order valence-corrected chi connectivity index (χ0v) is 9.98. The van der Waals surface area contributed by atoms with Crippen molar-refractivity contribution in [1.29, 1.82) is 0 Å². The van der Waals surface area contributed by atoms with Crippen LogP contribution in [0.1, 0.15) is 18.5 Å². The predicted octanol–water partition coefficient (Wildman–Crippen LogP) is 1.20. The second-order valence-electron chi connectivity index (χ2n) is 4.57. The molecule has 5 nitrogen and oxygen atoms in total. The van der Waals surface area contributed by atoms with Gasteiger partial charge >= 0.3 is 0 Å². The van der Waals surface area contributed by atoms with E-state index in [0.29, 0.717) is 6.04 Å². The number of fused-ring (bicyclic) bond motifs is 1. The molecule has 1 atom stereocenters. The summed E-state index contributed by atoms with van der Waals surface area (Å²) < 4.78 is 1.87. The monoisotopic (exact) mass is 231 g/mol. The zero-order valence-electron chi connectivity index (χ0n) is 9.98. The Morgan fingerprint density at radius 2 is 2.53 bits per heavy atom. The fourth-order valence-corrected chi connectivity index (χ4v) is 2.33. The fraction of sp³-hybridized carbons (Fsp3) is 0.500. The smallest absolute Gasteiger partial charge is 0.152 e. The van der Waals surface area contributed by atoms with Gasteiger partial charge in [-0.25, -0.2) is 9.50 Å². The quantitative estimate of drug-likeness (QED) is 0.833. The van der Waals surface area contributed by atoms with Crippen LogP contribution in [0.3, 0.4) is 0 Å². The van der Waals surface area contributed by atoms with Crippen molar-refractivity contribution < 1.29 is 0 Å². The Morgan fingerprint density at radius 1 is 1.59 bits per heavy atom. The molecule has 3 heterocycles. The van der Waals surface area contributed by atoms with Gasteiger partial charge in [0, 0.05) is 25.0 Å². The first-order chi connectivity index (χ1) is 8.33. The Hall–Kier alpha value is -1.62. The number of anilines is 1. The predicted molar refractivity (Wildman–Crippen MR) is 67.2 cm³/mol. The number of aromatic nitrogens is 3. The third-order valence-electron chi connectivity index (χ3n) is 3.19. The summed E-state index contributed by atoms with van der Waals surface area (Å²) in [4.78, 5) is 4.38. The van der Waals surface area contributed by atoms with E-state index in [1.165, 1.54) is 12.8 Å². The molecule has 3 rings (SSSR count). The number of nitrogens with zero attached hydrogens (tertiary/aromatic N) is 3. The third-order valence-corrected chi connectivity index (χ3v) is 3.19. The van der Waals surface area contributed by atoms with Crippen molar-refractivity contribution in [3.8, 4) is 0 Å². The van der Waals surface area contributed by atoms with Gasteiger partial charge in [-0.2, -0.15) is 5.10 Å². The molecule has 2 N–H and O–H groups in total. The highest BCUT2D eigenvalue weighted by Crippen LogP contribution is 2.15. The molecule has 0 aliphatic carbocycles. The molecule has 0 amide bonds. The summed E-state index contributed by atoms with van der Waals surface area (Å²) in [5.74, 6) is 0.918. The van der Waals surface area contributed by atoms with Crippen molar-refractivity contribution in [2.24, 2.45) is 0 Å². The van der Waals surface area contributed by atoms with Gasteiger partial charge in [0.2, 0.25) is 0 Å². The summed E-state index contributed by atoms with van der Waals surface area (Å²) in [6.07, 6.45) is 6.18. The van der Waals surface area contributed by atoms with Gasteiger partial charge in [-0.15, -0.1) is 0 Å². The largest absolute Gasteiger partial charge is 0.367 e. The molecule has 0 saturated carbocycles. The lowest BCUT2D eigenvalue weighted by molar-refractivity contribution is 0.632. The number of rotatable bonds is 3. The molecule has 17 heavy (non-hydrogen) atoms. The van der Waals surface area contributed by atoms with Crippen LogP contribution in [0.15, 0.2) is 18.5 Å². The van der Waals surface area contributed by atoms with Crippen molar-refractivity contribution in [3.63, 3.8) is 0 Å². The molecule has 1 fully saturated rings. The first-order valence-electron chi connectivity index (χ1n) is 6.11. The van der Waals surface area contributed by atoms with E-state index < -0.39 is 0 Å². The standard InChI is InChI=1S/C12H17N5/c1-9-7-11-12(14-5-6-17(11)16-9)15-8-10-3-2-4-13-10/h5-7,10,13H,2-4,8H2,1H3,(H,14,15). The topological polar surface area (TPSA) is 54.2 Å². The highest BCUT2D eigenvalue weighted by Gasteiger charge is 2.14. The summed E-state index contributed by atoms with van der Waals surface area (Å²) >= 11 is 0. The number of hydrogen-bond donors (Lipinski definition) is 2. The fourth-order valence-electron chi connectivity index (χ4n) is 2.33. The van der Waals surface area contributed by atoms with Crippen LogP contribution >= 0.6 is 0 Å². The summed E-state index contributed by atoms with van der Waals surface area (Å²) in [6, 6.07) is 2.62. The van der Waals surface area contributed by atoms with Gasteiger partial charge in [0.1, 0.15) is 5.52 Å².